The Morgan fingerprint density at radius 3 is 1.20 bits per heavy atom. The molecule has 0 saturated heterocycles. The van der Waals surface area contributed by atoms with Gasteiger partial charge < -0.3 is 0 Å². The van der Waals surface area contributed by atoms with Gasteiger partial charge in [0, 0.05) is 23.0 Å². The predicted molar refractivity (Wildman–Crippen MR) is 92.4 cm³/mol. The van der Waals surface area contributed by atoms with Crippen LogP contribution >= 0.6 is 23.5 Å². The van der Waals surface area contributed by atoms with Crippen molar-refractivity contribution in [1.29, 1.82) is 0 Å². The van der Waals surface area contributed by atoms with E-state index in [4.69, 9.17) is 0 Å². The first kappa shape index (κ1) is 14.1. The fraction of sp³-hybridized carbons (Fsp3) is 0.333. The molecule has 0 nitrogen and oxygen atoms in total. The normalized spacial score (nSPS) is 15.3. The van der Waals surface area contributed by atoms with Crippen molar-refractivity contribution in [3.63, 3.8) is 0 Å². The Kier molecular flexibility index (Phi) is 4.42. The van der Waals surface area contributed by atoms with Crippen molar-refractivity contribution in [3.8, 4) is 0 Å². The van der Waals surface area contributed by atoms with E-state index < -0.39 is 0 Å². The molecular formula is C18H20S2. The van der Waals surface area contributed by atoms with Crippen molar-refractivity contribution < 1.29 is 0 Å². The van der Waals surface area contributed by atoms with E-state index in [0.29, 0.717) is 0 Å². The van der Waals surface area contributed by atoms with E-state index in [1.54, 1.807) is 0 Å². The van der Waals surface area contributed by atoms with Crippen LogP contribution in [0, 0.1) is 13.8 Å². The van der Waals surface area contributed by atoms with E-state index in [0.717, 1.165) is 23.0 Å². The summed E-state index contributed by atoms with van der Waals surface area (Å²) < 4.78 is 0. The lowest BCUT2D eigenvalue weighted by Gasteiger charge is -2.15. The van der Waals surface area contributed by atoms with Gasteiger partial charge in [-0.05, 0) is 47.2 Å². The molecular weight excluding hydrogens is 280 g/mol. The maximum atomic E-state index is 2.28. The highest BCUT2D eigenvalue weighted by Crippen LogP contribution is 2.29. The van der Waals surface area contributed by atoms with Crippen molar-refractivity contribution in [2.75, 3.05) is 0 Å². The molecule has 0 aliphatic carbocycles. The SMILES string of the molecule is Cc1c2cccc1CSCc1cccc(c1C)CSC2. The van der Waals surface area contributed by atoms with Crippen LogP contribution in [0.4, 0.5) is 0 Å². The lowest BCUT2D eigenvalue weighted by molar-refractivity contribution is 1.19. The average Bonchev–Trinajstić information content (AvgIpc) is 2.45. The number of hydrogen-bond donors (Lipinski definition) is 0. The molecule has 2 aromatic carbocycles. The molecule has 104 valence electrons. The van der Waals surface area contributed by atoms with Crippen molar-refractivity contribution >= 4 is 23.5 Å². The molecule has 1 aliphatic rings. The molecule has 20 heavy (non-hydrogen) atoms. The molecule has 0 aromatic heterocycles. The zero-order valence-corrected chi connectivity index (χ0v) is 13.7. The molecule has 0 spiro atoms. The van der Waals surface area contributed by atoms with E-state index in [9.17, 15) is 0 Å². The molecule has 0 atom stereocenters. The van der Waals surface area contributed by atoms with Crippen LogP contribution in [0.15, 0.2) is 36.4 Å². The molecule has 1 heterocycles. The molecule has 3 rings (SSSR count). The van der Waals surface area contributed by atoms with E-state index >= 15 is 0 Å². The number of benzene rings is 2. The molecule has 1 aliphatic heterocycles. The second-order valence-electron chi connectivity index (χ2n) is 5.39. The van der Waals surface area contributed by atoms with Crippen molar-refractivity contribution in [2.24, 2.45) is 0 Å². The third-order valence-corrected chi connectivity index (χ3v) is 6.21. The second-order valence-corrected chi connectivity index (χ2v) is 7.36. The summed E-state index contributed by atoms with van der Waals surface area (Å²) >= 11 is 4.07. The highest BCUT2D eigenvalue weighted by molar-refractivity contribution is 7.98. The van der Waals surface area contributed by atoms with Gasteiger partial charge in [-0.3, -0.25) is 0 Å². The van der Waals surface area contributed by atoms with Gasteiger partial charge in [0.15, 0.2) is 0 Å². The molecule has 0 saturated carbocycles. The van der Waals surface area contributed by atoms with Crippen molar-refractivity contribution in [3.05, 3.63) is 69.8 Å². The van der Waals surface area contributed by atoms with Crippen molar-refractivity contribution in [1.82, 2.24) is 0 Å². The lowest BCUT2D eigenvalue weighted by Crippen LogP contribution is -1.98. The summed E-state index contributed by atoms with van der Waals surface area (Å²) in [6.07, 6.45) is 0. The van der Waals surface area contributed by atoms with Crippen LogP contribution in [-0.2, 0) is 23.0 Å². The molecule has 4 bridgehead atoms. The zero-order chi connectivity index (χ0) is 13.9. The highest BCUT2D eigenvalue weighted by atomic mass is 32.2. The number of thioether (sulfide) groups is 2. The standard InChI is InChI=1S/C18H20S2/c1-13-15-5-3-6-16(13)10-20-12-18-8-4-7-17(14(18)2)11-19-9-15/h3-8H,9-12H2,1-2H3. The van der Waals surface area contributed by atoms with Crippen LogP contribution in [0.3, 0.4) is 0 Å². The van der Waals surface area contributed by atoms with Gasteiger partial charge in [-0.2, -0.15) is 23.5 Å². The van der Waals surface area contributed by atoms with Crippen LogP contribution in [-0.4, -0.2) is 0 Å². The minimum absolute atomic E-state index is 1.12. The molecule has 0 radical (unpaired) electrons. The fourth-order valence-corrected chi connectivity index (χ4v) is 4.98. The van der Waals surface area contributed by atoms with Gasteiger partial charge in [-0.15, -0.1) is 0 Å². The van der Waals surface area contributed by atoms with Crippen LogP contribution in [0.2, 0.25) is 0 Å². The van der Waals surface area contributed by atoms with E-state index in [2.05, 4.69) is 50.2 Å². The monoisotopic (exact) mass is 300 g/mol. The quantitative estimate of drug-likeness (QED) is 0.631. The van der Waals surface area contributed by atoms with E-state index in [1.807, 2.05) is 23.5 Å². The number of hydrogen-bond acceptors (Lipinski definition) is 2. The molecule has 2 aromatic rings. The summed E-state index contributed by atoms with van der Waals surface area (Å²) in [5, 5.41) is 0. The predicted octanol–water partition coefficient (Wildman–Crippen LogP) is 5.48. The maximum Gasteiger partial charge on any atom is 0.0190 e. The van der Waals surface area contributed by atoms with Crippen LogP contribution in [0.25, 0.3) is 0 Å². The summed E-state index contributed by atoms with van der Waals surface area (Å²) in [6.45, 7) is 4.56. The van der Waals surface area contributed by atoms with E-state index in [1.165, 1.54) is 33.4 Å². The van der Waals surface area contributed by atoms with Gasteiger partial charge in [0.25, 0.3) is 0 Å². The second kappa shape index (κ2) is 6.28. The third-order valence-electron chi connectivity index (χ3n) is 4.15. The molecule has 0 N–H and O–H groups in total. The molecule has 2 heteroatoms. The van der Waals surface area contributed by atoms with Crippen LogP contribution in [0.5, 0.6) is 0 Å². The van der Waals surface area contributed by atoms with Crippen molar-refractivity contribution in [2.45, 2.75) is 36.9 Å². The van der Waals surface area contributed by atoms with Gasteiger partial charge in [0.05, 0.1) is 0 Å². The minimum atomic E-state index is 1.12. The first-order valence-electron chi connectivity index (χ1n) is 7.06. The van der Waals surface area contributed by atoms with Gasteiger partial charge >= 0.3 is 0 Å². The molecule has 0 fully saturated rings. The Morgan fingerprint density at radius 2 is 0.900 bits per heavy atom. The zero-order valence-electron chi connectivity index (χ0n) is 12.1. The van der Waals surface area contributed by atoms with Crippen LogP contribution in [0.1, 0.15) is 33.4 Å². The summed E-state index contributed by atoms with van der Waals surface area (Å²) in [5.41, 5.74) is 9.00. The first-order chi connectivity index (χ1) is 9.75. The summed E-state index contributed by atoms with van der Waals surface area (Å²) in [7, 11) is 0. The van der Waals surface area contributed by atoms with Gasteiger partial charge in [-0.25, -0.2) is 0 Å². The largest absolute Gasteiger partial charge is 0.152 e. The Hall–Kier alpha value is -0.860. The number of fused-ring (bicyclic) bond motifs is 4. The highest BCUT2D eigenvalue weighted by Gasteiger charge is 2.09. The van der Waals surface area contributed by atoms with Gasteiger partial charge in [-0.1, -0.05) is 36.4 Å². The van der Waals surface area contributed by atoms with Crippen LogP contribution < -0.4 is 0 Å². The Bertz CT molecular complexity index is 517. The Balaban J connectivity index is 1.93. The average molecular weight is 300 g/mol. The number of rotatable bonds is 0. The maximum absolute atomic E-state index is 2.28. The van der Waals surface area contributed by atoms with E-state index in [-0.39, 0.29) is 0 Å². The summed E-state index contributed by atoms with van der Waals surface area (Å²) in [4.78, 5) is 0. The summed E-state index contributed by atoms with van der Waals surface area (Å²) in [6, 6.07) is 13.6. The molecule has 0 unspecified atom stereocenters. The smallest absolute Gasteiger partial charge is 0.0190 e. The Morgan fingerprint density at radius 1 is 0.600 bits per heavy atom. The van der Waals surface area contributed by atoms with Gasteiger partial charge in [0.1, 0.15) is 0 Å². The first-order valence-corrected chi connectivity index (χ1v) is 9.37. The van der Waals surface area contributed by atoms with Gasteiger partial charge in [0.2, 0.25) is 0 Å². The topological polar surface area (TPSA) is 0 Å². The Labute approximate surface area is 130 Å². The minimum Gasteiger partial charge on any atom is -0.152 e. The molecule has 0 amide bonds. The fourth-order valence-electron chi connectivity index (χ4n) is 2.64. The third kappa shape index (κ3) is 2.91. The lowest BCUT2D eigenvalue weighted by atomic mass is 10.0. The summed E-state index contributed by atoms with van der Waals surface area (Å²) in [5.74, 6) is 4.48.